The number of likely N-dealkylation sites (tertiary alicyclic amines) is 1. The number of benzene rings is 2. The van der Waals surface area contributed by atoms with Crippen molar-refractivity contribution in [3.8, 4) is 0 Å². The topological polar surface area (TPSA) is 78.5 Å². The summed E-state index contributed by atoms with van der Waals surface area (Å²) in [5.74, 6) is -0.662. The molecule has 0 unspecified atom stereocenters. The fraction of sp³-hybridized carbons (Fsp3) is 0.286. The van der Waals surface area contributed by atoms with Crippen LogP contribution in [0.3, 0.4) is 0 Å². The smallest absolute Gasteiger partial charge is 0.251 e. The summed E-state index contributed by atoms with van der Waals surface area (Å²) < 4.78 is 0. The second-order valence-corrected chi connectivity index (χ2v) is 6.57. The van der Waals surface area contributed by atoms with Gasteiger partial charge < -0.3 is 15.5 Å². The molecule has 2 N–H and O–H groups in total. The average molecular weight is 365 g/mol. The molecule has 1 fully saturated rings. The molecule has 1 atom stereocenters. The third-order valence-corrected chi connectivity index (χ3v) is 4.55. The van der Waals surface area contributed by atoms with Crippen LogP contribution >= 0.6 is 0 Å². The maximum atomic E-state index is 12.3. The van der Waals surface area contributed by atoms with Crippen LogP contribution in [0, 0.1) is 5.92 Å². The minimum atomic E-state index is -0.342. The number of carbonyl (C=O) groups is 3. The number of hydrogen-bond donors (Lipinski definition) is 2. The van der Waals surface area contributed by atoms with Crippen molar-refractivity contribution < 1.29 is 14.4 Å². The molecule has 0 saturated carbocycles. The van der Waals surface area contributed by atoms with Gasteiger partial charge in [0.05, 0.1) is 5.92 Å². The Kier molecular flexibility index (Phi) is 6.20. The lowest BCUT2D eigenvalue weighted by Gasteiger charge is -2.16. The number of nitrogens with zero attached hydrogens (tertiary/aromatic N) is 1. The molecule has 1 aliphatic heterocycles. The Morgan fingerprint density at radius 2 is 1.56 bits per heavy atom. The molecule has 1 aliphatic rings. The third kappa shape index (κ3) is 5.17. The maximum Gasteiger partial charge on any atom is 0.251 e. The number of carbonyl (C=O) groups excluding carboxylic acids is 3. The second kappa shape index (κ2) is 8.98. The Morgan fingerprint density at radius 1 is 0.926 bits per heavy atom. The SMILES string of the molecule is O=C(NCCNC(=O)[C@@H]1CC(=O)N(Cc2ccccc2)C1)c1ccccc1. The molecule has 2 aromatic carbocycles. The van der Waals surface area contributed by atoms with Crippen LogP contribution in [0.5, 0.6) is 0 Å². The first-order valence-electron chi connectivity index (χ1n) is 9.06. The fourth-order valence-electron chi connectivity index (χ4n) is 3.10. The number of rotatable bonds is 7. The van der Waals surface area contributed by atoms with Crippen molar-refractivity contribution in [1.29, 1.82) is 0 Å². The number of amides is 3. The number of nitrogens with one attached hydrogen (secondary N) is 2. The highest BCUT2D eigenvalue weighted by molar-refractivity contribution is 5.94. The highest BCUT2D eigenvalue weighted by atomic mass is 16.2. The molecule has 2 aromatic rings. The molecule has 0 aromatic heterocycles. The van der Waals surface area contributed by atoms with Crippen LogP contribution < -0.4 is 10.6 Å². The number of hydrogen-bond acceptors (Lipinski definition) is 3. The van der Waals surface area contributed by atoms with E-state index in [1.54, 1.807) is 29.2 Å². The van der Waals surface area contributed by atoms with Crippen LogP contribution in [0.4, 0.5) is 0 Å². The fourth-order valence-corrected chi connectivity index (χ4v) is 3.10. The third-order valence-electron chi connectivity index (χ3n) is 4.55. The average Bonchev–Trinajstić information content (AvgIpc) is 3.07. The molecular formula is C21H23N3O3. The summed E-state index contributed by atoms with van der Waals surface area (Å²) in [6.07, 6.45) is 0.231. The summed E-state index contributed by atoms with van der Waals surface area (Å²) in [6, 6.07) is 18.7. The Balaban J connectivity index is 1.40. The van der Waals surface area contributed by atoms with Crippen molar-refractivity contribution in [3.05, 3.63) is 71.8 Å². The van der Waals surface area contributed by atoms with E-state index in [-0.39, 0.29) is 30.1 Å². The normalized spacial score (nSPS) is 16.2. The zero-order valence-corrected chi connectivity index (χ0v) is 15.1. The van der Waals surface area contributed by atoms with Crippen molar-refractivity contribution in [2.24, 2.45) is 5.92 Å². The quantitative estimate of drug-likeness (QED) is 0.732. The molecule has 3 amide bonds. The molecule has 1 heterocycles. The summed E-state index contributed by atoms with van der Waals surface area (Å²) in [7, 11) is 0. The molecule has 0 aliphatic carbocycles. The van der Waals surface area contributed by atoms with Crippen molar-refractivity contribution in [1.82, 2.24) is 15.5 Å². The van der Waals surface area contributed by atoms with Crippen LogP contribution in [-0.4, -0.2) is 42.3 Å². The van der Waals surface area contributed by atoms with Gasteiger partial charge in [0.25, 0.3) is 5.91 Å². The summed E-state index contributed by atoms with van der Waals surface area (Å²) in [5, 5.41) is 5.57. The van der Waals surface area contributed by atoms with Gasteiger partial charge >= 0.3 is 0 Å². The van der Waals surface area contributed by atoms with Gasteiger partial charge in [0.15, 0.2) is 0 Å². The van der Waals surface area contributed by atoms with Gasteiger partial charge in [-0.25, -0.2) is 0 Å². The Bertz CT molecular complexity index is 793. The van der Waals surface area contributed by atoms with Crippen LogP contribution in [0.1, 0.15) is 22.3 Å². The zero-order chi connectivity index (χ0) is 19.1. The molecule has 0 bridgehead atoms. The molecule has 140 valence electrons. The van der Waals surface area contributed by atoms with E-state index in [9.17, 15) is 14.4 Å². The molecule has 27 heavy (non-hydrogen) atoms. The minimum absolute atomic E-state index is 0.00335. The lowest BCUT2D eigenvalue weighted by Crippen LogP contribution is -2.38. The lowest BCUT2D eigenvalue weighted by atomic mass is 10.1. The highest BCUT2D eigenvalue weighted by Crippen LogP contribution is 2.20. The van der Waals surface area contributed by atoms with Gasteiger partial charge in [0.2, 0.25) is 11.8 Å². The van der Waals surface area contributed by atoms with Crippen LogP contribution in [0.25, 0.3) is 0 Å². The maximum absolute atomic E-state index is 12.3. The monoisotopic (exact) mass is 365 g/mol. The Labute approximate surface area is 158 Å². The van der Waals surface area contributed by atoms with Crippen molar-refractivity contribution >= 4 is 17.7 Å². The van der Waals surface area contributed by atoms with Crippen LogP contribution in [-0.2, 0) is 16.1 Å². The first kappa shape index (κ1) is 18.6. The molecule has 0 radical (unpaired) electrons. The van der Waals surface area contributed by atoms with Gasteiger partial charge in [-0.05, 0) is 17.7 Å². The van der Waals surface area contributed by atoms with E-state index >= 15 is 0 Å². The molecule has 6 heteroatoms. The predicted molar refractivity (Wildman–Crippen MR) is 102 cm³/mol. The van der Waals surface area contributed by atoms with Gasteiger partial charge in [-0.3, -0.25) is 14.4 Å². The highest BCUT2D eigenvalue weighted by Gasteiger charge is 2.33. The van der Waals surface area contributed by atoms with Crippen LogP contribution in [0.15, 0.2) is 60.7 Å². The summed E-state index contributed by atoms with van der Waals surface area (Å²) in [4.78, 5) is 38.1. The van der Waals surface area contributed by atoms with E-state index in [1.807, 2.05) is 36.4 Å². The van der Waals surface area contributed by atoms with Gasteiger partial charge in [-0.2, -0.15) is 0 Å². The van der Waals surface area contributed by atoms with E-state index in [4.69, 9.17) is 0 Å². The summed E-state index contributed by atoms with van der Waals surface area (Å²) in [6.45, 7) is 1.63. The molecular weight excluding hydrogens is 342 g/mol. The lowest BCUT2D eigenvalue weighted by molar-refractivity contribution is -0.129. The predicted octanol–water partition coefficient (Wildman–Crippen LogP) is 1.58. The van der Waals surface area contributed by atoms with Crippen molar-refractivity contribution in [2.45, 2.75) is 13.0 Å². The van der Waals surface area contributed by atoms with E-state index in [0.717, 1.165) is 5.56 Å². The largest absolute Gasteiger partial charge is 0.354 e. The molecule has 3 rings (SSSR count). The molecule has 1 saturated heterocycles. The van der Waals surface area contributed by atoms with Crippen molar-refractivity contribution in [3.63, 3.8) is 0 Å². The first-order valence-corrected chi connectivity index (χ1v) is 9.06. The van der Waals surface area contributed by atoms with Gasteiger partial charge in [0.1, 0.15) is 0 Å². The standard InChI is InChI=1S/C21H23N3O3/c25-19-13-18(15-24(19)14-16-7-3-1-4-8-16)21(27)23-12-11-22-20(26)17-9-5-2-6-10-17/h1-10,18H,11-15H2,(H,22,26)(H,23,27)/t18-/m1/s1. The summed E-state index contributed by atoms with van der Waals surface area (Å²) in [5.41, 5.74) is 1.64. The van der Waals surface area contributed by atoms with Crippen molar-refractivity contribution in [2.75, 3.05) is 19.6 Å². The Morgan fingerprint density at radius 3 is 2.26 bits per heavy atom. The minimum Gasteiger partial charge on any atom is -0.354 e. The Hall–Kier alpha value is -3.15. The van der Waals surface area contributed by atoms with E-state index in [1.165, 1.54) is 0 Å². The zero-order valence-electron chi connectivity index (χ0n) is 15.1. The summed E-state index contributed by atoms with van der Waals surface area (Å²) >= 11 is 0. The van der Waals surface area contributed by atoms with E-state index < -0.39 is 0 Å². The van der Waals surface area contributed by atoms with Gasteiger partial charge in [-0.15, -0.1) is 0 Å². The molecule has 0 spiro atoms. The second-order valence-electron chi connectivity index (χ2n) is 6.57. The van der Waals surface area contributed by atoms with E-state index in [2.05, 4.69) is 10.6 Å². The molecule has 6 nitrogen and oxygen atoms in total. The van der Waals surface area contributed by atoms with Gasteiger partial charge in [-0.1, -0.05) is 48.5 Å². The van der Waals surface area contributed by atoms with Crippen LogP contribution in [0.2, 0.25) is 0 Å². The first-order chi connectivity index (χ1) is 13.1. The van der Waals surface area contributed by atoms with Gasteiger partial charge in [0, 0.05) is 38.2 Å². The van der Waals surface area contributed by atoms with E-state index in [0.29, 0.717) is 31.7 Å².